The molecule has 1 rings (SSSR count). The summed E-state index contributed by atoms with van der Waals surface area (Å²) >= 11 is 0. The molecule has 0 aromatic rings. The minimum atomic E-state index is 1.20. The third-order valence-electron chi connectivity index (χ3n) is 2.33. The van der Waals surface area contributed by atoms with Crippen LogP contribution in [0.25, 0.3) is 0 Å². The molecule has 0 heterocycles. The predicted molar refractivity (Wildman–Crippen MR) is 55.2 cm³/mol. The monoisotopic (exact) mass is 164 g/mol. The van der Waals surface area contributed by atoms with Gasteiger partial charge in [0, 0.05) is 0 Å². The molecule has 0 nitrogen and oxygen atoms in total. The Hall–Kier alpha value is -0.520. The van der Waals surface area contributed by atoms with Crippen molar-refractivity contribution < 1.29 is 0 Å². The predicted octanol–water partition coefficient (Wildman–Crippen LogP) is 4.23. The first-order valence-corrected chi connectivity index (χ1v) is 5.22. The number of rotatable bonds is 7. The lowest BCUT2D eigenvalue weighted by molar-refractivity contribution is 0.652. The third-order valence-corrected chi connectivity index (χ3v) is 2.33. The fourth-order valence-corrected chi connectivity index (χ4v) is 1.37. The first-order chi connectivity index (χ1) is 5.93. The molecule has 12 heavy (non-hydrogen) atoms. The maximum atomic E-state index is 3.72. The van der Waals surface area contributed by atoms with E-state index in [-0.39, 0.29) is 0 Å². The van der Waals surface area contributed by atoms with Crippen LogP contribution >= 0.6 is 0 Å². The van der Waals surface area contributed by atoms with Crippen molar-refractivity contribution in [2.45, 2.75) is 51.4 Å². The van der Waals surface area contributed by atoms with Crippen LogP contribution in [0, 0.1) is 0 Å². The first-order valence-electron chi connectivity index (χ1n) is 5.22. The Balaban J connectivity index is 1.76. The molecule has 0 unspecified atom stereocenters. The SMILES string of the molecule is C=CCCCCCCC=C1CC1. The molecule has 1 aliphatic carbocycles. The van der Waals surface area contributed by atoms with Gasteiger partial charge in [-0.2, -0.15) is 0 Å². The van der Waals surface area contributed by atoms with E-state index in [1.807, 2.05) is 6.08 Å². The molecule has 0 aromatic carbocycles. The number of allylic oxidation sites excluding steroid dienone is 3. The van der Waals surface area contributed by atoms with E-state index in [4.69, 9.17) is 0 Å². The lowest BCUT2D eigenvalue weighted by atomic mass is 10.1. The smallest absolute Gasteiger partial charge is 0.0283 e. The summed E-state index contributed by atoms with van der Waals surface area (Å²) in [5, 5.41) is 0. The van der Waals surface area contributed by atoms with Gasteiger partial charge in [0.05, 0.1) is 0 Å². The molecule has 0 heteroatoms. The van der Waals surface area contributed by atoms with Crippen molar-refractivity contribution >= 4 is 0 Å². The molecule has 0 atom stereocenters. The molecule has 0 amide bonds. The van der Waals surface area contributed by atoms with Crippen LogP contribution in [0.4, 0.5) is 0 Å². The van der Waals surface area contributed by atoms with E-state index >= 15 is 0 Å². The Morgan fingerprint density at radius 3 is 2.25 bits per heavy atom. The summed E-state index contributed by atoms with van der Waals surface area (Å²) in [5.41, 5.74) is 1.70. The minimum Gasteiger partial charge on any atom is -0.103 e. The van der Waals surface area contributed by atoms with Crippen LogP contribution in [-0.2, 0) is 0 Å². The minimum absolute atomic E-state index is 1.20. The van der Waals surface area contributed by atoms with Crippen LogP contribution in [0.5, 0.6) is 0 Å². The van der Waals surface area contributed by atoms with Crippen LogP contribution in [0.15, 0.2) is 24.3 Å². The Morgan fingerprint density at radius 2 is 1.67 bits per heavy atom. The molecule has 1 aliphatic rings. The molecular weight excluding hydrogens is 144 g/mol. The zero-order chi connectivity index (χ0) is 8.65. The maximum absolute atomic E-state index is 3.72. The molecule has 0 saturated heterocycles. The maximum Gasteiger partial charge on any atom is -0.0283 e. The molecule has 1 fully saturated rings. The zero-order valence-corrected chi connectivity index (χ0v) is 8.02. The van der Waals surface area contributed by atoms with Gasteiger partial charge in [-0.15, -0.1) is 6.58 Å². The average Bonchev–Trinajstić information content (AvgIpc) is 2.87. The fraction of sp³-hybridized carbons (Fsp3) is 0.667. The standard InChI is InChI=1S/C12H20/c1-2-3-4-5-6-7-8-9-12-10-11-12/h2,9H,1,3-8,10-11H2. The van der Waals surface area contributed by atoms with Crippen molar-refractivity contribution in [3.05, 3.63) is 24.3 Å². The summed E-state index contributed by atoms with van der Waals surface area (Å²) in [4.78, 5) is 0. The average molecular weight is 164 g/mol. The third kappa shape index (κ3) is 5.17. The molecule has 1 saturated carbocycles. The van der Waals surface area contributed by atoms with E-state index in [2.05, 4.69) is 12.7 Å². The second kappa shape index (κ2) is 6.05. The van der Waals surface area contributed by atoms with Crippen molar-refractivity contribution in [1.82, 2.24) is 0 Å². The topological polar surface area (TPSA) is 0 Å². The lowest BCUT2D eigenvalue weighted by Gasteiger charge is -1.95. The fourth-order valence-electron chi connectivity index (χ4n) is 1.37. The van der Waals surface area contributed by atoms with Crippen LogP contribution in [0.3, 0.4) is 0 Å². The van der Waals surface area contributed by atoms with Crippen molar-refractivity contribution in [3.63, 3.8) is 0 Å². The highest BCUT2D eigenvalue weighted by atomic mass is 14.1. The van der Waals surface area contributed by atoms with Gasteiger partial charge in [-0.05, 0) is 38.5 Å². The molecule has 0 bridgehead atoms. The number of hydrogen-bond donors (Lipinski definition) is 0. The van der Waals surface area contributed by atoms with Crippen LogP contribution in [-0.4, -0.2) is 0 Å². The molecule has 0 N–H and O–H groups in total. The molecule has 0 aliphatic heterocycles. The summed E-state index contributed by atoms with van der Waals surface area (Å²) < 4.78 is 0. The highest BCUT2D eigenvalue weighted by Crippen LogP contribution is 2.28. The highest BCUT2D eigenvalue weighted by Gasteiger charge is 2.08. The van der Waals surface area contributed by atoms with Crippen LogP contribution in [0.2, 0.25) is 0 Å². The molecular formula is C12H20. The highest BCUT2D eigenvalue weighted by molar-refractivity contribution is 5.15. The molecule has 68 valence electrons. The van der Waals surface area contributed by atoms with Gasteiger partial charge >= 0.3 is 0 Å². The summed E-state index contributed by atoms with van der Waals surface area (Å²) in [7, 11) is 0. The van der Waals surface area contributed by atoms with E-state index in [0.717, 1.165) is 0 Å². The summed E-state index contributed by atoms with van der Waals surface area (Å²) in [6.45, 7) is 3.72. The van der Waals surface area contributed by atoms with Gasteiger partial charge in [-0.25, -0.2) is 0 Å². The van der Waals surface area contributed by atoms with Crippen LogP contribution in [0.1, 0.15) is 51.4 Å². The molecule has 0 aromatic heterocycles. The Morgan fingerprint density at radius 1 is 1.00 bits per heavy atom. The number of hydrogen-bond acceptors (Lipinski definition) is 0. The van der Waals surface area contributed by atoms with Gasteiger partial charge in [0.15, 0.2) is 0 Å². The zero-order valence-electron chi connectivity index (χ0n) is 8.02. The largest absolute Gasteiger partial charge is 0.103 e. The summed E-state index contributed by atoms with van der Waals surface area (Å²) in [6, 6.07) is 0. The second-order valence-corrected chi connectivity index (χ2v) is 3.64. The van der Waals surface area contributed by atoms with E-state index in [9.17, 15) is 0 Å². The Labute approximate surface area is 76.4 Å². The normalized spacial score (nSPS) is 14.5. The number of unbranched alkanes of at least 4 members (excludes halogenated alkanes) is 5. The van der Waals surface area contributed by atoms with Gasteiger partial charge in [0.25, 0.3) is 0 Å². The van der Waals surface area contributed by atoms with Crippen LogP contribution < -0.4 is 0 Å². The van der Waals surface area contributed by atoms with Crippen molar-refractivity contribution in [2.24, 2.45) is 0 Å². The van der Waals surface area contributed by atoms with Gasteiger partial charge in [0.2, 0.25) is 0 Å². The second-order valence-electron chi connectivity index (χ2n) is 3.64. The Bertz CT molecular complexity index is 147. The summed E-state index contributed by atoms with van der Waals surface area (Å²) in [6.07, 6.45) is 15.3. The van der Waals surface area contributed by atoms with E-state index in [0.29, 0.717) is 0 Å². The van der Waals surface area contributed by atoms with E-state index in [1.54, 1.807) is 5.57 Å². The summed E-state index contributed by atoms with van der Waals surface area (Å²) in [5.74, 6) is 0. The Kier molecular flexibility index (Phi) is 4.82. The van der Waals surface area contributed by atoms with Gasteiger partial charge in [-0.1, -0.05) is 30.6 Å². The van der Waals surface area contributed by atoms with Gasteiger partial charge in [-0.3, -0.25) is 0 Å². The van der Waals surface area contributed by atoms with Crippen molar-refractivity contribution in [1.29, 1.82) is 0 Å². The van der Waals surface area contributed by atoms with Gasteiger partial charge in [0.1, 0.15) is 0 Å². The quantitative estimate of drug-likeness (QED) is 0.390. The first kappa shape index (κ1) is 9.57. The lowest BCUT2D eigenvalue weighted by Crippen LogP contribution is -1.76. The van der Waals surface area contributed by atoms with E-state index in [1.165, 1.54) is 51.4 Å². The van der Waals surface area contributed by atoms with Crippen molar-refractivity contribution in [3.8, 4) is 0 Å². The van der Waals surface area contributed by atoms with Crippen molar-refractivity contribution in [2.75, 3.05) is 0 Å². The molecule has 0 spiro atoms. The van der Waals surface area contributed by atoms with Gasteiger partial charge < -0.3 is 0 Å². The van der Waals surface area contributed by atoms with E-state index < -0.39 is 0 Å². The molecule has 0 radical (unpaired) electrons.